The molecule has 1 saturated heterocycles. The van der Waals surface area contributed by atoms with E-state index in [0.717, 1.165) is 25.5 Å². The third-order valence-corrected chi connectivity index (χ3v) is 3.43. The predicted molar refractivity (Wildman–Crippen MR) is 81.4 cm³/mol. The SMILES string of the molecule is CCNC(=NCc1nc(C(C)OCC)no1)N1CC[C@@H](O)C1. The Morgan fingerprint density at radius 1 is 1.59 bits per heavy atom. The van der Waals surface area contributed by atoms with Crippen molar-refractivity contribution >= 4 is 5.96 Å². The lowest BCUT2D eigenvalue weighted by molar-refractivity contribution is 0.0683. The average molecular weight is 311 g/mol. The molecule has 1 unspecified atom stereocenters. The molecule has 0 aromatic carbocycles. The molecule has 8 heteroatoms. The number of aliphatic hydroxyl groups excluding tert-OH is 1. The zero-order valence-corrected chi connectivity index (χ0v) is 13.4. The number of ether oxygens (including phenoxy) is 1. The van der Waals surface area contributed by atoms with Crippen molar-refractivity contribution in [3.8, 4) is 0 Å². The van der Waals surface area contributed by atoms with E-state index in [1.807, 2.05) is 25.7 Å². The van der Waals surface area contributed by atoms with E-state index in [2.05, 4.69) is 20.4 Å². The van der Waals surface area contributed by atoms with Gasteiger partial charge in [-0.1, -0.05) is 5.16 Å². The first-order valence-electron chi connectivity index (χ1n) is 7.79. The van der Waals surface area contributed by atoms with Gasteiger partial charge in [-0.05, 0) is 27.2 Å². The number of likely N-dealkylation sites (tertiary alicyclic amines) is 1. The summed E-state index contributed by atoms with van der Waals surface area (Å²) in [5.74, 6) is 1.75. The Hall–Kier alpha value is -1.67. The minimum atomic E-state index is -0.286. The van der Waals surface area contributed by atoms with Crippen molar-refractivity contribution in [3.05, 3.63) is 11.7 Å². The van der Waals surface area contributed by atoms with Crippen molar-refractivity contribution in [2.24, 2.45) is 4.99 Å². The monoisotopic (exact) mass is 311 g/mol. The summed E-state index contributed by atoms with van der Waals surface area (Å²) in [6, 6.07) is 0. The number of hydrogen-bond donors (Lipinski definition) is 2. The van der Waals surface area contributed by atoms with Crippen LogP contribution in [0.2, 0.25) is 0 Å². The Morgan fingerprint density at radius 2 is 2.41 bits per heavy atom. The Labute approximate surface area is 130 Å². The van der Waals surface area contributed by atoms with Crippen LogP contribution in [-0.4, -0.2) is 58.5 Å². The molecule has 0 amide bonds. The number of aromatic nitrogens is 2. The van der Waals surface area contributed by atoms with E-state index in [4.69, 9.17) is 9.26 Å². The van der Waals surface area contributed by atoms with Gasteiger partial charge in [0.05, 0.1) is 6.10 Å². The maximum absolute atomic E-state index is 9.64. The lowest BCUT2D eigenvalue weighted by Gasteiger charge is -2.20. The molecule has 0 saturated carbocycles. The first kappa shape index (κ1) is 16.7. The van der Waals surface area contributed by atoms with E-state index in [1.54, 1.807) is 0 Å². The van der Waals surface area contributed by atoms with Crippen molar-refractivity contribution in [2.75, 3.05) is 26.2 Å². The molecule has 1 fully saturated rings. The Bertz CT molecular complexity index is 491. The number of hydrogen-bond acceptors (Lipinski definition) is 6. The van der Waals surface area contributed by atoms with Gasteiger partial charge >= 0.3 is 0 Å². The number of guanidine groups is 1. The normalized spacial score (nSPS) is 20.5. The molecule has 0 bridgehead atoms. The van der Waals surface area contributed by atoms with Crippen LogP contribution in [0.25, 0.3) is 0 Å². The van der Waals surface area contributed by atoms with Gasteiger partial charge in [0.25, 0.3) is 0 Å². The van der Waals surface area contributed by atoms with Crippen LogP contribution >= 0.6 is 0 Å². The molecular weight excluding hydrogens is 286 g/mol. The standard InChI is InChI=1S/C14H25N5O3/c1-4-15-14(19-7-6-11(20)9-19)16-8-12-17-13(18-22-12)10(3)21-5-2/h10-11,20H,4-9H2,1-3H3,(H,15,16)/t10?,11-/m1/s1. The van der Waals surface area contributed by atoms with Crippen LogP contribution in [0.5, 0.6) is 0 Å². The topological polar surface area (TPSA) is 96.0 Å². The van der Waals surface area contributed by atoms with Gasteiger partial charge in [0, 0.05) is 26.2 Å². The third kappa shape index (κ3) is 4.41. The fourth-order valence-corrected chi connectivity index (χ4v) is 2.32. The Morgan fingerprint density at radius 3 is 3.05 bits per heavy atom. The molecule has 0 radical (unpaired) electrons. The van der Waals surface area contributed by atoms with E-state index in [-0.39, 0.29) is 12.2 Å². The molecule has 2 rings (SSSR count). The number of aliphatic imine (C=N–C) groups is 1. The molecule has 2 heterocycles. The van der Waals surface area contributed by atoms with Crippen LogP contribution in [-0.2, 0) is 11.3 Å². The maximum Gasteiger partial charge on any atom is 0.248 e. The molecule has 22 heavy (non-hydrogen) atoms. The van der Waals surface area contributed by atoms with Crippen LogP contribution in [0.15, 0.2) is 9.52 Å². The quantitative estimate of drug-likeness (QED) is 0.589. The van der Waals surface area contributed by atoms with E-state index in [1.165, 1.54) is 0 Å². The van der Waals surface area contributed by atoms with Crippen molar-refractivity contribution in [2.45, 2.75) is 45.9 Å². The minimum Gasteiger partial charge on any atom is -0.391 e. The number of rotatable bonds is 6. The van der Waals surface area contributed by atoms with Gasteiger partial charge in [0.1, 0.15) is 12.6 Å². The first-order valence-corrected chi connectivity index (χ1v) is 7.79. The summed E-state index contributed by atoms with van der Waals surface area (Å²) in [5, 5.41) is 16.8. The highest BCUT2D eigenvalue weighted by atomic mass is 16.5. The largest absolute Gasteiger partial charge is 0.391 e. The van der Waals surface area contributed by atoms with Crippen LogP contribution in [0.4, 0.5) is 0 Å². The summed E-state index contributed by atoms with van der Waals surface area (Å²) in [4.78, 5) is 10.8. The summed E-state index contributed by atoms with van der Waals surface area (Å²) in [6.07, 6.45) is 0.292. The lowest BCUT2D eigenvalue weighted by Crippen LogP contribution is -2.40. The fourth-order valence-electron chi connectivity index (χ4n) is 2.32. The fraction of sp³-hybridized carbons (Fsp3) is 0.786. The summed E-state index contributed by atoms with van der Waals surface area (Å²) in [6.45, 7) is 8.89. The molecule has 0 spiro atoms. The summed E-state index contributed by atoms with van der Waals surface area (Å²) >= 11 is 0. The highest BCUT2D eigenvalue weighted by Crippen LogP contribution is 2.13. The van der Waals surface area contributed by atoms with Crippen molar-refractivity contribution in [1.82, 2.24) is 20.4 Å². The van der Waals surface area contributed by atoms with Gasteiger partial charge in [-0.2, -0.15) is 4.98 Å². The summed E-state index contributed by atoms with van der Waals surface area (Å²) < 4.78 is 10.6. The highest BCUT2D eigenvalue weighted by Gasteiger charge is 2.23. The molecule has 2 N–H and O–H groups in total. The highest BCUT2D eigenvalue weighted by molar-refractivity contribution is 5.80. The lowest BCUT2D eigenvalue weighted by atomic mass is 10.3. The summed E-state index contributed by atoms with van der Waals surface area (Å²) in [5.41, 5.74) is 0. The molecule has 2 atom stereocenters. The van der Waals surface area contributed by atoms with Crippen LogP contribution in [0.3, 0.4) is 0 Å². The number of nitrogens with one attached hydrogen (secondary N) is 1. The smallest absolute Gasteiger partial charge is 0.248 e. The Balaban J connectivity index is 1.98. The molecule has 1 aromatic heterocycles. The number of β-amino-alcohol motifs (C(OH)–C–C–N with tert-alkyl or cyclic N) is 1. The molecule has 124 valence electrons. The van der Waals surface area contributed by atoms with E-state index in [0.29, 0.717) is 31.4 Å². The first-order chi connectivity index (χ1) is 10.6. The number of aliphatic hydroxyl groups is 1. The van der Waals surface area contributed by atoms with E-state index < -0.39 is 0 Å². The van der Waals surface area contributed by atoms with Crippen molar-refractivity contribution in [3.63, 3.8) is 0 Å². The molecule has 1 aliphatic heterocycles. The minimum absolute atomic E-state index is 0.187. The van der Waals surface area contributed by atoms with Gasteiger partial charge in [0.15, 0.2) is 11.8 Å². The average Bonchev–Trinajstić information content (AvgIpc) is 3.13. The van der Waals surface area contributed by atoms with Gasteiger partial charge in [0.2, 0.25) is 5.89 Å². The van der Waals surface area contributed by atoms with Gasteiger partial charge < -0.3 is 24.6 Å². The second-order valence-corrected chi connectivity index (χ2v) is 5.20. The molecule has 1 aliphatic rings. The van der Waals surface area contributed by atoms with Crippen LogP contribution in [0, 0.1) is 0 Å². The molecule has 8 nitrogen and oxygen atoms in total. The molecular formula is C14H25N5O3. The zero-order valence-electron chi connectivity index (χ0n) is 13.4. The van der Waals surface area contributed by atoms with E-state index >= 15 is 0 Å². The molecule has 1 aromatic rings. The van der Waals surface area contributed by atoms with Crippen molar-refractivity contribution in [1.29, 1.82) is 0 Å². The summed E-state index contributed by atoms with van der Waals surface area (Å²) in [7, 11) is 0. The third-order valence-electron chi connectivity index (χ3n) is 3.43. The zero-order chi connectivity index (χ0) is 15.9. The molecule has 0 aliphatic carbocycles. The number of nitrogens with zero attached hydrogens (tertiary/aromatic N) is 4. The second kappa shape index (κ2) is 8.09. The van der Waals surface area contributed by atoms with Crippen LogP contribution in [0.1, 0.15) is 45.0 Å². The maximum atomic E-state index is 9.64. The van der Waals surface area contributed by atoms with E-state index in [9.17, 15) is 5.11 Å². The van der Waals surface area contributed by atoms with Gasteiger partial charge in [-0.3, -0.25) is 0 Å². The van der Waals surface area contributed by atoms with Gasteiger partial charge in [-0.25, -0.2) is 4.99 Å². The Kier molecular flexibility index (Phi) is 6.14. The van der Waals surface area contributed by atoms with Gasteiger partial charge in [-0.15, -0.1) is 0 Å². The predicted octanol–water partition coefficient (Wildman–Crippen LogP) is 0.699. The van der Waals surface area contributed by atoms with Crippen molar-refractivity contribution < 1.29 is 14.4 Å². The second-order valence-electron chi connectivity index (χ2n) is 5.20. The van der Waals surface area contributed by atoms with Crippen LogP contribution < -0.4 is 5.32 Å².